The minimum atomic E-state index is -3.03. The van der Waals surface area contributed by atoms with Gasteiger partial charge in [0, 0.05) is 25.1 Å². The summed E-state index contributed by atoms with van der Waals surface area (Å²) in [5.41, 5.74) is 1.55. The molecule has 0 saturated carbocycles. The highest BCUT2D eigenvalue weighted by Gasteiger charge is 2.16. The molecule has 0 saturated heterocycles. The number of aryl methyl sites for hydroxylation is 2. The van der Waals surface area contributed by atoms with Gasteiger partial charge in [0.2, 0.25) is 0 Å². The van der Waals surface area contributed by atoms with Crippen molar-refractivity contribution in [3.63, 3.8) is 0 Å². The maximum absolute atomic E-state index is 11.0. The predicted octanol–water partition coefficient (Wildman–Crippen LogP) is 0.451. The normalized spacial score (nSPS) is 14.0. The van der Waals surface area contributed by atoms with Crippen LogP contribution in [0.5, 0.6) is 0 Å². The van der Waals surface area contributed by atoms with Crippen LogP contribution in [0.1, 0.15) is 30.7 Å². The Labute approximate surface area is 96.0 Å². The van der Waals surface area contributed by atoms with Crippen LogP contribution in [0.2, 0.25) is 0 Å². The lowest BCUT2D eigenvalue weighted by atomic mass is 10.1. The first-order valence-electron chi connectivity index (χ1n) is 5.21. The van der Waals surface area contributed by atoms with Gasteiger partial charge >= 0.3 is 0 Å². The Morgan fingerprint density at radius 1 is 1.56 bits per heavy atom. The van der Waals surface area contributed by atoms with Gasteiger partial charge in [-0.05, 0) is 12.8 Å². The van der Waals surface area contributed by atoms with E-state index in [2.05, 4.69) is 5.10 Å². The topological polar surface area (TPSA) is 72.2 Å². The van der Waals surface area contributed by atoms with Crippen LogP contribution in [-0.4, -0.2) is 35.3 Å². The van der Waals surface area contributed by atoms with E-state index in [1.165, 1.54) is 6.26 Å². The number of aliphatic hydroxyl groups excluding tert-OH is 1. The molecule has 1 aromatic heterocycles. The molecule has 1 aromatic rings. The molecule has 0 aliphatic rings. The minimum absolute atomic E-state index is 0.00772. The Balaban J connectivity index is 2.76. The minimum Gasteiger partial charge on any atom is -0.388 e. The average Bonchev–Trinajstić information content (AvgIpc) is 2.55. The van der Waals surface area contributed by atoms with Crippen LogP contribution in [-0.2, 0) is 23.3 Å². The molecule has 1 heterocycles. The van der Waals surface area contributed by atoms with Crippen molar-refractivity contribution in [3.8, 4) is 0 Å². The van der Waals surface area contributed by atoms with E-state index >= 15 is 0 Å². The van der Waals surface area contributed by atoms with Crippen molar-refractivity contribution in [3.05, 3.63) is 17.5 Å². The molecular formula is C10H18N2O3S. The summed E-state index contributed by atoms with van der Waals surface area (Å²) < 4.78 is 23.6. The third kappa shape index (κ3) is 3.61. The molecule has 1 N–H and O–H groups in total. The first kappa shape index (κ1) is 13.2. The molecule has 1 unspecified atom stereocenters. The molecule has 0 aliphatic carbocycles. The number of aliphatic hydroxyl groups is 1. The molecule has 92 valence electrons. The fourth-order valence-corrected chi connectivity index (χ4v) is 2.24. The third-order valence-corrected chi connectivity index (χ3v) is 3.37. The van der Waals surface area contributed by atoms with Crippen molar-refractivity contribution >= 4 is 9.84 Å². The molecule has 0 aliphatic heterocycles. The van der Waals surface area contributed by atoms with Crippen molar-refractivity contribution in [2.45, 2.75) is 25.9 Å². The zero-order valence-electron chi connectivity index (χ0n) is 9.84. The summed E-state index contributed by atoms with van der Waals surface area (Å²) in [6.45, 7) is 1.95. The van der Waals surface area contributed by atoms with Crippen molar-refractivity contribution in [2.24, 2.45) is 7.05 Å². The molecule has 16 heavy (non-hydrogen) atoms. The zero-order valence-corrected chi connectivity index (χ0v) is 10.7. The Bertz CT molecular complexity index is 451. The smallest absolute Gasteiger partial charge is 0.147 e. The van der Waals surface area contributed by atoms with Crippen molar-refractivity contribution in [2.75, 3.05) is 12.0 Å². The summed E-state index contributed by atoms with van der Waals surface area (Å²) >= 11 is 0. The Kier molecular flexibility index (Phi) is 4.09. The summed E-state index contributed by atoms with van der Waals surface area (Å²) in [6, 6.07) is 0. The van der Waals surface area contributed by atoms with E-state index in [1.54, 1.807) is 17.9 Å². The van der Waals surface area contributed by atoms with Crippen LogP contribution in [0.25, 0.3) is 0 Å². The molecule has 0 spiro atoms. The predicted molar refractivity (Wildman–Crippen MR) is 61.9 cm³/mol. The van der Waals surface area contributed by atoms with E-state index in [4.69, 9.17) is 0 Å². The van der Waals surface area contributed by atoms with Gasteiger partial charge in [-0.3, -0.25) is 4.68 Å². The summed E-state index contributed by atoms with van der Waals surface area (Å²) in [7, 11) is -1.24. The maximum atomic E-state index is 11.0. The van der Waals surface area contributed by atoms with E-state index in [1.807, 2.05) is 6.92 Å². The van der Waals surface area contributed by atoms with Crippen molar-refractivity contribution in [1.29, 1.82) is 0 Å². The van der Waals surface area contributed by atoms with E-state index in [-0.39, 0.29) is 12.2 Å². The number of sulfone groups is 1. The number of hydrogen-bond acceptors (Lipinski definition) is 4. The number of hydrogen-bond donors (Lipinski definition) is 1. The summed E-state index contributed by atoms with van der Waals surface area (Å²) in [6.07, 6.45) is 3.11. The van der Waals surface area contributed by atoms with E-state index in [0.717, 1.165) is 17.7 Å². The molecule has 0 aromatic carbocycles. The SMILES string of the molecule is CCc1nn(C)cc1C(O)CCS(C)(=O)=O. The third-order valence-electron chi connectivity index (χ3n) is 2.39. The van der Waals surface area contributed by atoms with E-state index < -0.39 is 15.9 Å². The van der Waals surface area contributed by atoms with Crippen LogP contribution in [0.4, 0.5) is 0 Å². The summed E-state index contributed by atoms with van der Waals surface area (Å²) in [5.74, 6) is -0.00772. The first-order chi connectivity index (χ1) is 7.33. The molecule has 5 nitrogen and oxygen atoms in total. The summed E-state index contributed by atoms with van der Waals surface area (Å²) in [5, 5.41) is 14.1. The average molecular weight is 246 g/mol. The van der Waals surface area contributed by atoms with Gasteiger partial charge in [0.05, 0.1) is 17.6 Å². The van der Waals surface area contributed by atoms with Gasteiger partial charge in [0.25, 0.3) is 0 Å². The van der Waals surface area contributed by atoms with Crippen LogP contribution in [0, 0.1) is 0 Å². The lowest BCUT2D eigenvalue weighted by Gasteiger charge is -2.08. The van der Waals surface area contributed by atoms with E-state index in [0.29, 0.717) is 0 Å². The van der Waals surface area contributed by atoms with Gasteiger partial charge in [-0.15, -0.1) is 0 Å². The van der Waals surface area contributed by atoms with Crippen molar-refractivity contribution in [1.82, 2.24) is 9.78 Å². The number of rotatable bonds is 5. The highest BCUT2D eigenvalue weighted by atomic mass is 32.2. The van der Waals surface area contributed by atoms with Crippen LogP contribution in [0.3, 0.4) is 0 Å². The van der Waals surface area contributed by atoms with Gasteiger partial charge in [0.15, 0.2) is 0 Å². The van der Waals surface area contributed by atoms with Gasteiger partial charge in [-0.1, -0.05) is 6.92 Å². The molecule has 0 amide bonds. The molecule has 0 radical (unpaired) electrons. The molecule has 1 rings (SSSR count). The lowest BCUT2D eigenvalue weighted by molar-refractivity contribution is 0.173. The quantitative estimate of drug-likeness (QED) is 0.818. The first-order valence-corrected chi connectivity index (χ1v) is 7.27. The largest absolute Gasteiger partial charge is 0.388 e. The maximum Gasteiger partial charge on any atom is 0.147 e. The second-order valence-corrected chi connectivity index (χ2v) is 6.25. The molecule has 1 atom stereocenters. The molecule has 0 fully saturated rings. The fraction of sp³-hybridized carbons (Fsp3) is 0.700. The highest BCUT2D eigenvalue weighted by molar-refractivity contribution is 7.90. The standard InChI is InChI=1S/C10H18N2O3S/c1-4-9-8(7-12(2)11-9)10(13)5-6-16(3,14)15/h7,10,13H,4-6H2,1-3H3. The van der Waals surface area contributed by atoms with Gasteiger partial charge in [-0.2, -0.15) is 5.10 Å². The number of aromatic nitrogens is 2. The van der Waals surface area contributed by atoms with E-state index in [9.17, 15) is 13.5 Å². The second-order valence-electron chi connectivity index (χ2n) is 3.99. The Morgan fingerprint density at radius 2 is 2.19 bits per heavy atom. The van der Waals surface area contributed by atoms with Crippen LogP contribution < -0.4 is 0 Å². The van der Waals surface area contributed by atoms with Gasteiger partial charge in [0.1, 0.15) is 9.84 Å². The van der Waals surface area contributed by atoms with Gasteiger partial charge < -0.3 is 5.11 Å². The number of nitrogens with zero attached hydrogens (tertiary/aromatic N) is 2. The van der Waals surface area contributed by atoms with Crippen LogP contribution in [0.15, 0.2) is 6.20 Å². The highest BCUT2D eigenvalue weighted by Crippen LogP contribution is 2.20. The summed E-state index contributed by atoms with van der Waals surface area (Å²) in [4.78, 5) is 0. The fourth-order valence-electron chi connectivity index (χ4n) is 1.59. The molecule has 6 heteroatoms. The Morgan fingerprint density at radius 3 is 2.69 bits per heavy atom. The molecule has 0 bridgehead atoms. The Hall–Kier alpha value is -0.880. The monoisotopic (exact) mass is 246 g/mol. The van der Waals surface area contributed by atoms with Crippen molar-refractivity contribution < 1.29 is 13.5 Å². The van der Waals surface area contributed by atoms with Gasteiger partial charge in [-0.25, -0.2) is 8.42 Å². The lowest BCUT2D eigenvalue weighted by Crippen LogP contribution is -2.09. The molecular weight excluding hydrogens is 228 g/mol. The van der Waals surface area contributed by atoms with Crippen LogP contribution >= 0.6 is 0 Å². The zero-order chi connectivity index (χ0) is 12.3. The second kappa shape index (κ2) is 4.97.